The zero-order valence-corrected chi connectivity index (χ0v) is 18.1. The van der Waals surface area contributed by atoms with Gasteiger partial charge in [-0.3, -0.25) is 9.59 Å². The Balaban J connectivity index is 1.30. The highest BCUT2D eigenvalue weighted by Crippen LogP contribution is 2.23. The van der Waals surface area contributed by atoms with Crippen molar-refractivity contribution in [2.75, 3.05) is 29.9 Å². The van der Waals surface area contributed by atoms with Crippen LogP contribution in [0.4, 0.5) is 11.5 Å². The number of aromatic nitrogens is 2. The molecule has 7 heteroatoms. The molecule has 0 unspecified atom stereocenters. The summed E-state index contributed by atoms with van der Waals surface area (Å²) in [4.78, 5) is 26.5. The molecule has 32 heavy (non-hydrogen) atoms. The van der Waals surface area contributed by atoms with Gasteiger partial charge in [0.15, 0.2) is 5.82 Å². The van der Waals surface area contributed by atoms with Crippen LogP contribution in [0.1, 0.15) is 30.1 Å². The van der Waals surface area contributed by atoms with Crippen molar-refractivity contribution in [1.29, 1.82) is 0 Å². The number of rotatable bonds is 6. The molecule has 2 N–H and O–H groups in total. The molecule has 2 aromatic carbocycles. The second kappa shape index (κ2) is 10.0. The van der Waals surface area contributed by atoms with Crippen LogP contribution in [-0.4, -0.2) is 41.6 Å². The monoisotopic (exact) mass is 429 g/mol. The van der Waals surface area contributed by atoms with E-state index in [1.165, 1.54) is 12.8 Å². The van der Waals surface area contributed by atoms with Crippen LogP contribution in [0.25, 0.3) is 11.3 Å². The molecule has 1 aliphatic heterocycles. The van der Waals surface area contributed by atoms with Gasteiger partial charge in [0.1, 0.15) is 0 Å². The molecule has 1 saturated heterocycles. The molecular weight excluding hydrogens is 402 g/mol. The Bertz CT molecular complexity index is 1040. The van der Waals surface area contributed by atoms with E-state index in [0.29, 0.717) is 11.3 Å². The molecule has 0 spiro atoms. The Morgan fingerprint density at radius 1 is 0.938 bits per heavy atom. The molecule has 1 aliphatic rings. The highest BCUT2D eigenvalue weighted by atomic mass is 16.2. The van der Waals surface area contributed by atoms with Crippen molar-refractivity contribution in [1.82, 2.24) is 15.5 Å². The number of piperidine rings is 1. The fraction of sp³-hybridized carbons (Fsp3) is 0.280. The molecule has 0 bridgehead atoms. The summed E-state index contributed by atoms with van der Waals surface area (Å²) >= 11 is 0. The number of hydrogen-bond donors (Lipinski definition) is 2. The van der Waals surface area contributed by atoms with Crippen LogP contribution in [0, 0.1) is 5.92 Å². The standard InChI is InChI=1S/C25H27N5O2/c1-18-13-15-30(16-14-18)23-12-11-22(28-29-23)19-7-9-21(10-8-19)27-24(31)17-26-25(32)20-5-3-2-4-6-20/h2-12,18H,13-17H2,1H3,(H,26,32)(H,27,31). The Morgan fingerprint density at radius 3 is 2.31 bits per heavy atom. The van der Waals surface area contributed by atoms with E-state index in [1.54, 1.807) is 24.3 Å². The van der Waals surface area contributed by atoms with Crippen LogP contribution in [0.5, 0.6) is 0 Å². The second-order valence-corrected chi connectivity index (χ2v) is 8.12. The van der Waals surface area contributed by atoms with E-state index in [4.69, 9.17) is 0 Å². The Hall–Kier alpha value is -3.74. The van der Waals surface area contributed by atoms with E-state index in [-0.39, 0.29) is 18.4 Å². The van der Waals surface area contributed by atoms with Crippen molar-refractivity contribution in [2.45, 2.75) is 19.8 Å². The first-order chi connectivity index (χ1) is 15.6. The molecule has 1 aromatic heterocycles. The third kappa shape index (κ3) is 5.49. The highest BCUT2D eigenvalue weighted by Gasteiger charge is 2.17. The van der Waals surface area contributed by atoms with Crippen molar-refractivity contribution in [3.05, 3.63) is 72.3 Å². The quantitative estimate of drug-likeness (QED) is 0.623. The Labute approximate surface area is 187 Å². The fourth-order valence-corrected chi connectivity index (χ4v) is 3.67. The zero-order valence-electron chi connectivity index (χ0n) is 18.1. The topological polar surface area (TPSA) is 87.2 Å². The van der Waals surface area contributed by atoms with Gasteiger partial charge < -0.3 is 15.5 Å². The Morgan fingerprint density at radius 2 is 1.66 bits per heavy atom. The summed E-state index contributed by atoms with van der Waals surface area (Å²) in [7, 11) is 0. The number of benzene rings is 2. The molecule has 0 atom stereocenters. The average molecular weight is 430 g/mol. The lowest BCUT2D eigenvalue weighted by Gasteiger charge is -2.30. The molecule has 0 saturated carbocycles. The molecule has 0 aliphatic carbocycles. The fourth-order valence-electron chi connectivity index (χ4n) is 3.67. The van der Waals surface area contributed by atoms with Crippen LogP contribution in [-0.2, 0) is 4.79 Å². The minimum Gasteiger partial charge on any atom is -0.355 e. The van der Waals surface area contributed by atoms with Gasteiger partial charge in [-0.15, -0.1) is 10.2 Å². The molecule has 3 aromatic rings. The van der Waals surface area contributed by atoms with Crippen molar-refractivity contribution >= 4 is 23.3 Å². The van der Waals surface area contributed by atoms with Crippen LogP contribution >= 0.6 is 0 Å². The normalized spacial score (nSPS) is 14.1. The first-order valence-electron chi connectivity index (χ1n) is 10.9. The number of carbonyl (C=O) groups excluding carboxylic acids is 2. The summed E-state index contributed by atoms with van der Waals surface area (Å²) in [6.45, 7) is 4.24. The number of carbonyl (C=O) groups is 2. The lowest BCUT2D eigenvalue weighted by atomic mass is 9.99. The number of amides is 2. The lowest BCUT2D eigenvalue weighted by molar-refractivity contribution is -0.115. The van der Waals surface area contributed by atoms with E-state index >= 15 is 0 Å². The minimum atomic E-state index is -0.290. The number of anilines is 2. The molecule has 4 rings (SSSR count). The SMILES string of the molecule is CC1CCN(c2ccc(-c3ccc(NC(=O)CNC(=O)c4ccccc4)cc3)nn2)CC1. The largest absolute Gasteiger partial charge is 0.355 e. The average Bonchev–Trinajstić information content (AvgIpc) is 2.84. The van der Waals surface area contributed by atoms with Crippen molar-refractivity contribution < 1.29 is 9.59 Å². The summed E-state index contributed by atoms with van der Waals surface area (Å²) in [6.07, 6.45) is 2.37. The minimum absolute atomic E-state index is 0.0995. The van der Waals surface area contributed by atoms with Crippen molar-refractivity contribution in [3.8, 4) is 11.3 Å². The molecule has 2 amide bonds. The number of nitrogens with zero attached hydrogens (tertiary/aromatic N) is 3. The van der Waals surface area contributed by atoms with E-state index in [0.717, 1.165) is 36.1 Å². The van der Waals surface area contributed by atoms with Crippen molar-refractivity contribution in [3.63, 3.8) is 0 Å². The van der Waals surface area contributed by atoms with Crippen LogP contribution in [0.15, 0.2) is 66.7 Å². The maximum atomic E-state index is 12.2. The first kappa shape index (κ1) is 21.5. The van der Waals surface area contributed by atoms with Gasteiger partial charge in [0.2, 0.25) is 5.91 Å². The molecule has 2 heterocycles. The van der Waals surface area contributed by atoms with Gasteiger partial charge in [-0.2, -0.15) is 0 Å². The van der Waals surface area contributed by atoms with E-state index in [2.05, 4.69) is 32.7 Å². The molecular formula is C25H27N5O2. The van der Waals surface area contributed by atoms with Crippen LogP contribution in [0.3, 0.4) is 0 Å². The molecule has 0 radical (unpaired) electrons. The predicted octanol–water partition coefficient (Wildman–Crippen LogP) is 3.75. The summed E-state index contributed by atoms with van der Waals surface area (Å²) in [5, 5.41) is 14.2. The van der Waals surface area contributed by atoms with Gasteiger partial charge in [-0.25, -0.2) is 0 Å². The van der Waals surface area contributed by atoms with Gasteiger partial charge in [-0.05, 0) is 55.2 Å². The lowest BCUT2D eigenvalue weighted by Crippen LogP contribution is -2.33. The first-order valence-corrected chi connectivity index (χ1v) is 10.9. The van der Waals surface area contributed by atoms with Gasteiger partial charge >= 0.3 is 0 Å². The summed E-state index contributed by atoms with van der Waals surface area (Å²) in [5.41, 5.74) is 2.88. The van der Waals surface area contributed by atoms with Gasteiger partial charge in [0.25, 0.3) is 5.91 Å². The van der Waals surface area contributed by atoms with E-state index < -0.39 is 0 Å². The van der Waals surface area contributed by atoms with Crippen LogP contribution in [0.2, 0.25) is 0 Å². The summed E-state index contributed by atoms with van der Waals surface area (Å²) in [6, 6.07) is 20.2. The second-order valence-electron chi connectivity index (χ2n) is 8.12. The highest BCUT2D eigenvalue weighted by molar-refractivity contribution is 5.99. The van der Waals surface area contributed by atoms with E-state index in [9.17, 15) is 9.59 Å². The third-order valence-electron chi connectivity index (χ3n) is 5.67. The maximum absolute atomic E-state index is 12.2. The maximum Gasteiger partial charge on any atom is 0.251 e. The van der Waals surface area contributed by atoms with Gasteiger partial charge in [0.05, 0.1) is 12.2 Å². The van der Waals surface area contributed by atoms with Crippen LogP contribution < -0.4 is 15.5 Å². The van der Waals surface area contributed by atoms with Gasteiger partial charge in [-0.1, -0.05) is 37.3 Å². The summed E-state index contributed by atoms with van der Waals surface area (Å²) in [5.74, 6) is 1.12. The number of nitrogens with one attached hydrogen (secondary N) is 2. The molecule has 164 valence electrons. The van der Waals surface area contributed by atoms with Crippen molar-refractivity contribution in [2.24, 2.45) is 5.92 Å². The summed E-state index contributed by atoms with van der Waals surface area (Å²) < 4.78 is 0. The zero-order chi connectivity index (χ0) is 22.3. The Kier molecular flexibility index (Phi) is 6.75. The molecule has 1 fully saturated rings. The third-order valence-corrected chi connectivity index (χ3v) is 5.67. The number of hydrogen-bond acceptors (Lipinski definition) is 5. The molecule has 7 nitrogen and oxygen atoms in total. The van der Waals surface area contributed by atoms with E-state index in [1.807, 2.05) is 42.5 Å². The predicted molar refractivity (Wildman–Crippen MR) is 125 cm³/mol. The smallest absolute Gasteiger partial charge is 0.251 e. The van der Waals surface area contributed by atoms with Gasteiger partial charge in [0, 0.05) is 29.9 Å².